The van der Waals surface area contributed by atoms with Gasteiger partial charge in [0.1, 0.15) is 6.33 Å². The number of hydrogen-bond acceptors (Lipinski definition) is 2. The van der Waals surface area contributed by atoms with Crippen molar-refractivity contribution in [3.05, 3.63) is 28.6 Å². The van der Waals surface area contributed by atoms with Crippen molar-refractivity contribution < 1.29 is 0 Å². The van der Waals surface area contributed by atoms with Crippen LogP contribution in [0.25, 0.3) is 5.52 Å². The Balaban J connectivity index is 3.03. The van der Waals surface area contributed by atoms with E-state index in [4.69, 9.17) is 12.2 Å². The van der Waals surface area contributed by atoms with Gasteiger partial charge in [0.05, 0.1) is 11.2 Å². The van der Waals surface area contributed by atoms with Gasteiger partial charge >= 0.3 is 0 Å². The monoisotopic (exact) mass is 179 g/mol. The van der Waals surface area contributed by atoms with Gasteiger partial charge in [-0.05, 0) is 32.1 Å². The fourth-order valence-corrected chi connectivity index (χ4v) is 1.56. The number of rotatable bonds is 0. The van der Waals surface area contributed by atoms with Crippen molar-refractivity contribution in [2.45, 2.75) is 13.8 Å². The lowest BCUT2D eigenvalue weighted by molar-refractivity contribution is 1.01. The van der Waals surface area contributed by atoms with Gasteiger partial charge in [0.25, 0.3) is 0 Å². The standard InChI is InChI=1S/C8H9N3S/c1-5-3-7-6(2)9-4-11(7)8(12)10-5/h3-4H,1-2H3,(H,10,12). The summed E-state index contributed by atoms with van der Waals surface area (Å²) < 4.78 is 2.57. The maximum absolute atomic E-state index is 5.12. The minimum atomic E-state index is 0.700. The molecule has 0 spiro atoms. The van der Waals surface area contributed by atoms with Gasteiger partial charge in [-0.1, -0.05) is 0 Å². The summed E-state index contributed by atoms with van der Waals surface area (Å²) in [4.78, 5) is 7.24. The second kappa shape index (κ2) is 2.42. The topological polar surface area (TPSA) is 33.1 Å². The summed E-state index contributed by atoms with van der Waals surface area (Å²) in [7, 11) is 0. The number of aromatic amines is 1. The summed E-state index contributed by atoms with van der Waals surface area (Å²) in [6.07, 6.45) is 1.74. The molecule has 0 fully saturated rings. The Labute approximate surface area is 75.1 Å². The van der Waals surface area contributed by atoms with Crippen molar-refractivity contribution in [3.8, 4) is 0 Å². The minimum absolute atomic E-state index is 0.700. The lowest BCUT2D eigenvalue weighted by atomic mass is 10.3. The fourth-order valence-electron chi connectivity index (χ4n) is 1.25. The molecule has 1 N–H and O–H groups in total. The van der Waals surface area contributed by atoms with Crippen LogP contribution in [0, 0.1) is 18.6 Å². The third kappa shape index (κ3) is 0.956. The third-order valence-electron chi connectivity index (χ3n) is 1.87. The molecule has 0 aliphatic carbocycles. The molecule has 0 aliphatic rings. The van der Waals surface area contributed by atoms with Crippen molar-refractivity contribution in [1.82, 2.24) is 14.4 Å². The third-order valence-corrected chi connectivity index (χ3v) is 2.17. The van der Waals surface area contributed by atoms with Crippen molar-refractivity contribution >= 4 is 17.7 Å². The summed E-state index contributed by atoms with van der Waals surface area (Å²) in [5.41, 5.74) is 3.16. The van der Waals surface area contributed by atoms with Gasteiger partial charge in [0, 0.05) is 5.69 Å². The minimum Gasteiger partial charge on any atom is -0.336 e. The molecule has 2 rings (SSSR count). The highest BCUT2D eigenvalue weighted by atomic mass is 32.1. The quantitative estimate of drug-likeness (QED) is 0.627. The Hall–Kier alpha value is -1.16. The summed E-state index contributed by atoms with van der Waals surface area (Å²) in [6.45, 7) is 3.96. The van der Waals surface area contributed by atoms with E-state index in [1.54, 1.807) is 6.33 Å². The van der Waals surface area contributed by atoms with Gasteiger partial charge in [-0.3, -0.25) is 4.40 Å². The van der Waals surface area contributed by atoms with Crippen LogP contribution < -0.4 is 0 Å². The van der Waals surface area contributed by atoms with Gasteiger partial charge in [0.2, 0.25) is 0 Å². The molecule has 62 valence electrons. The maximum Gasteiger partial charge on any atom is 0.183 e. The number of aryl methyl sites for hydroxylation is 2. The van der Waals surface area contributed by atoms with E-state index in [-0.39, 0.29) is 0 Å². The Morgan fingerprint density at radius 2 is 2.25 bits per heavy atom. The molecule has 2 aromatic rings. The Bertz CT molecular complexity index is 480. The molecule has 0 aliphatic heterocycles. The molecule has 2 heterocycles. The van der Waals surface area contributed by atoms with Gasteiger partial charge in [-0.2, -0.15) is 0 Å². The number of hydrogen-bond donors (Lipinski definition) is 1. The molecule has 12 heavy (non-hydrogen) atoms. The van der Waals surface area contributed by atoms with E-state index in [2.05, 4.69) is 9.97 Å². The zero-order valence-electron chi connectivity index (χ0n) is 6.96. The first kappa shape index (κ1) is 7.49. The van der Waals surface area contributed by atoms with Crippen LogP contribution in [0.1, 0.15) is 11.4 Å². The van der Waals surface area contributed by atoms with Crippen LogP contribution in [0.3, 0.4) is 0 Å². The molecule has 0 amide bonds. The van der Waals surface area contributed by atoms with E-state index in [0.29, 0.717) is 4.77 Å². The van der Waals surface area contributed by atoms with Gasteiger partial charge < -0.3 is 4.98 Å². The van der Waals surface area contributed by atoms with E-state index < -0.39 is 0 Å². The van der Waals surface area contributed by atoms with Crippen molar-refractivity contribution in [2.75, 3.05) is 0 Å². The lowest BCUT2D eigenvalue weighted by Gasteiger charge is -1.97. The number of nitrogens with zero attached hydrogens (tertiary/aromatic N) is 2. The van der Waals surface area contributed by atoms with Crippen LogP contribution in [0.15, 0.2) is 12.4 Å². The molecule has 0 saturated heterocycles. The zero-order chi connectivity index (χ0) is 8.72. The molecular weight excluding hydrogens is 170 g/mol. The van der Waals surface area contributed by atoms with E-state index in [0.717, 1.165) is 16.9 Å². The number of nitrogens with one attached hydrogen (secondary N) is 1. The molecule has 0 unspecified atom stereocenters. The van der Waals surface area contributed by atoms with E-state index in [1.165, 1.54) is 0 Å². The van der Waals surface area contributed by atoms with Crippen LogP contribution in [-0.2, 0) is 0 Å². The average Bonchev–Trinajstić information content (AvgIpc) is 2.33. The first-order chi connectivity index (χ1) is 5.68. The van der Waals surface area contributed by atoms with Crippen molar-refractivity contribution in [3.63, 3.8) is 0 Å². The summed E-state index contributed by atoms with van der Waals surface area (Å²) in [5, 5.41) is 0. The van der Waals surface area contributed by atoms with Crippen LogP contribution in [0.4, 0.5) is 0 Å². The molecule has 0 saturated carbocycles. The summed E-state index contributed by atoms with van der Waals surface area (Å²) >= 11 is 5.12. The smallest absolute Gasteiger partial charge is 0.183 e. The lowest BCUT2D eigenvalue weighted by Crippen LogP contribution is -1.91. The summed E-state index contributed by atoms with van der Waals surface area (Å²) in [5.74, 6) is 0. The first-order valence-electron chi connectivity index (χ1n) is 3.72. The predicted molar refractivity (Wildman–Crippen MR) is 49.9 cm³/mol. The summed E-state index contributed by atoms with van der Waals surface area (Å²) in [6, 6.07) is 2.04. The van der Waals surface area contributed by atoms with E-state index in [1.807, 2.05) is 24.3 Å². The highest BCUT2D eigenvalue weighted by Crippen LogP contribution is 2.08. The van der Waals surface area contributed by atoms with Crippen LogP contribution >= 0.6 is 12.2 Å². The average molecular weight is 179 g/mol. The largest absolute Gasteiger partial charge is 0.336 e. The molecule has 0 radical (unpaired) electrons. The predicted octanol–water partition coefficient (Wildman–Crippen LogP) is 2.01. The van der Waals surface area contributed by atoms with E-state index >= 15 is 0 Å². The first-order valence-corrected chi connectivity index (χ1v) is 4.13. The van der Waals surface area contributed by atoms with Crippen LogP contribution in [-0.4, -0.2) is 14.4 Å². The molecule has 2 aromatic heterocycles. The Kier molecular flexibility index (Phi) is 1.51. The molecule has 0 atom stereocenters. The molecular formula is C8H9N3S. The number of H-pyrrole nitrogens is 1. The van der Waals surface area contributed by atoms with Gasteiger partial charge in [-0.15, -0.1) is 0 Å². The second-order valence-electron chi connectivity index (χ2n) is 2.84. The number of imidazole rings is 1. The second-order valence-corrected chi connectivity index (χ2v) is 3.23. The normalized spacial score (nSPS) is 10.8. The van der Waals surface area contributed by atoms with Crippen LogP contribution in [0.5, 0.6) is 0 Å². The highest BCUT2D eigenvalue weighted by molar-refractivity contribution is 7.71. The molecule has 0 bridgehead atoms. The van der Waals surface area contributed by atoms with Gasteiger partial charge in [-0.25, -0.2) is 4.98 Å². The number of fused-ring (bicyclic) bond motifs is 1. The molecule has 4 heteroatoms. The highest BCUT2D eigenvalue weighted by Gasteiger charge is 1.99. The molecule has 0 aromatic carbocycles. The van der Waals surface area contributed by atoms with Crippen molar-refractivity contribution in [2.24, 2.45) is 0 Å². The zero-order valence-corrected chi connectivity index (χ0v) is 7.77. The Morgan fingerprint density at radius 1 is 1.50 bits per heavy atom. The SMILES string of the molecule is Cc1cc2c(C)ncn2c(=S)[nH]1. The van der Waals surface area contributed by atoms with Crippen LogP contribution in [0.2, 0.25) is 0 Å². The van der Waals surface area contributed by atoms with E-state index in [9.17, 15) is 0 Å². The Morgan fingerprint density at radius 3 is 3.00 bits per heavy atom. The fraction of sp³-hybridized carbons (Fsp3) is 0.250. The molecule has 3 nitrogen and oxygen atoms in total. The number of aromatic nitrogens is 3. The van der Waals surface area contributed by atoms with Gasteiger partial charge in [0.15, 0.2) is 4.77 Å². The maximum atomic E-state index is 5.12. The van der Waals surface area contributed by atoms with Crippen molar-refractivity contribution in [1.29, 1.82) is 0 Å².